The van der Waals surface area contributed by atoms with Crippen LogP contribution in [0.15, 0.2) is 36.4 Å². The van der Waals surface area contributed by atoms with Gasteiger partial charge in [0.25, 0.3) is 0 Å². The first-order valence-corrected chi connectivity index (χ1v) is 7.25. The topological polar surface area (TPSA) is 12.9 Å². The largest absolute Gasteiger partial charge is 0.237 e. The van der Waals surface area contributed by atoms with Crippen molar-refractivity contribution in [2.45, 2.75) is 13.8 Å². The lowest BCUT2D eigenvalue weighted by atomic mass is 10.1. The Labute approximate surface area is 121 Å². The minimum atomic E-state index is -0.220. The van der Waals surface area contributed by atoms with Gasteiger partial charge in [0.15, 0.2) is 0 Å². The van der Waals surface area contributed by atoms with Crippen LogP contribution in [-0.4, -0.2) is 4.98 Å². The van der Waals surface area contributed by atoms with Gasteiger partial charge in [0, 0.05) is 0 Å². The highest BCUT2D eigenvalue weighted by Crippen LogP contribution is 2.26. The Kier molecular flexibility index (Phi) is 3.36. The van der Waals surface area contributed by atoms with Crippen molar-refractivity contribution in [3.63, 3.8) is 0 Å². The lowest BCUT2D eigenvalue weighted by Crippen LogP contribution is -1.79. The number of hydrogen-bond acceptors (Lipinski definition) is 2. The Hall–Kier alpha value is -2.00. The summed E-state index contributed by atoms with van der Waals surface area (Å²) in [6.45, 7) is 4.20. The van der Waals surface area contributed by atoms with Crippen molar-refractivity contribution in [2.24, 2.45) is 0 Å². The normalized spacial score (nSPS) is 11.6. The molecule has 0 atom stereocenters. The molecule has 20 heavy (non-hydrogen) atoms. The molecule has 0 saturated carbocycles. The van der Waals surface area contributed by atoms with Gasteiger partial charge in [-0.05, 0) is 60.9 Å². The number of rotatable bonds is 2. The van der Waals surface area contributed by atoms with Crippen molar-refractivity contribution < 1.29 is 4.39 Å². The first-order valence-electron chi connectivity index (χ1n) is 6.43. The van der Waals surface area contributed by atoms with E-state index in [4.69, 9.17) is 0 Å². The van der Waals surface area contributed by atoms with Crippen LogP contribution in [0.4, 0.5) is 4.39 Å². The van der Waals surface area contributed by atoms with Crippen LogP contribution in [0.5, 0.6) is 0 Å². The number of hydrogen-bond donors (Lipinski definition) is 0. The third-order valence-corrected chi connectivity index (χ3v) is 4.27. The molecule has 0 fully saturated rings. The first-order chi connectivity index (χ1) is 9.61. The van der Waals surface area contributed by atoms with Crippen LogP contribution in [0.3, 0.4) is 0 Å². The zero-order valence-electron chi connectivity index (χ0n) is 11.4. The van der Waals surface area contributed by atoms with Gasteiger partial charge in [-0.1, -0.05) is 18.2 Å². The minimum Gasteiger partial charge on any atom is -0.237 e. The van der Waals surface area contributed by atoms with E-state index in [1.165, 1.54) is 28.0 Å². The van der Waals surface area contributed by atoms with Gasteiger partial charge >= 0.3 is 0 Å². The molecular formula is C17H14FNS. The maximum atomic E-state index is 13.1. The van der Waals surface area contributed by atoms with E-state index < -0.39 is 0 Å². The number of thiazole rings is 1. The molecule has 3 rings (SSSR count). The molecule has 0 N–H and O–H groups in total. The fraction of sp³-hybridized carbons (Fsp3) is 0.118. The molecule has 0 saturated heterocycles. The first kappa shape index (κ1) is 13.0. The van der Waals surface area contributed by atoms with Crippen LogP contribution in [0, 0.1) is 19.7 Å². The summed E-state index contributed by atoms with van der Waals surface area (Å²) in [7, 11) is 0. The average Bonchev–Trinajstić information content (AvgIpc) is 2.79. The van der Waals surface area contributed by atoms with Crippen molar-refractivity contribution in [2.75, 3.05) is 0 Å². The smallest absolute Gasteiger partial charge is 0.123 e. The van der Waals surface area contributed by atoms with Gasteiger partial charge in [0.05, 0.1) is 10.2 Å². The molecule has 0 aliphatic rings. The number of benzene rings is 2. The van der Waals surface area contributed by atoms with Crippen molar-refractivity contribution in [1.29, 1.82) is 0 Å². The summed E-state index contributed by atoms with van der Waals surface area (Å²) in [6, 6.07) is 10.8. The Morgan fingerprint density at radius 2 is 1.85 bits per heavy atom. The molecule has 0 aliphatic carbocycles. The highest BCUT2D eigenvalue weighted by atomic mass is 32.1. The second-order valence-electron chi connectivity index (χ2n) is 4.84. The summed E-state index contributed by atoms with van der Waals surface area (Å²) in [5.74, 6) is -0.220. The van der Waals surface area contributed by atoms with Crippen LogP contribution in [0.1, 0.15) is 21.7 Å². The molecule has 3 heteroatoms. The van der Waals surface area contributed by atoms with Gasteiger partial charge < -0.3 is 0 Å². The van der Waals surface area contributed by atoms with E-state index in [0.717, 1.165) is 16.1 Å². The number of aryl methyl sites for hydroxylation is 2. The van der Waals surface area contributed by atoms with E-state index in [1.807, 2.05) is 18.2 Å². The molecule has 0 bridgehead atoms. The molecule has 3 aromatic rings. The summed E-state index contributed by atoms with van der Waals surface area (Å²) in [6.07, 6.45) is 3.82. The van der Waals surface area contributed by atoms with Crippen LogP contribution in [0.2, 0.25) is 0 Å². The van der Waals surface area contributed by atoms with Crippen LogP contribution >= 0.6 is 11.3 Å². The van der Waals surface area contributed by atoms with Gasteiger partial charge in [0.2, 0.25) is 0 Å². The molecule has 0 aliphatic heterocycles. The van der Waals surface area contributed by atoms with Crippen molar-refractivity contribution in [3.05, 3.63) is 63.9 Å². The molecule has 1 aromatic heterocycles. The monoisotopic (exact) mass is 283 g/mol. The Balaban J connectivity index is 1.95. The van der Waals surface area contributed by atoms with E-state index in [9.17, 15) is 4.39 Å². The summed E-state index contributed by atoms with van der Waals surface area (Å²) in [5.41, 5.74) is 4.40. The van der Waals surface area contributed by atoms with Gasteiger partial charge in [-0.3, -0.25) is 0 Å². The van der Waals surface area contributed by atoms with Crippen LogP contribution < -0.4 is 0 Å². The highest BCUT2D eigenvalue weighted by Gasteiger charge is 2.03. The zero-order valence-corrected chi connectivity index (χ0v) is 12.2. The van der Waals surface area contributed by atoms with E-state index in [-0.39, 0.29) is 5.82 Å². The van der Waals surface area contributed by atoms with Gasteiger partial charge in [-0.2, -0.15) is 0 Å². The molecular weight excluding hydrogens is 269 g/mol. The number of fused-ring (bicyclic) bond motifs is 1. The van der Waals surface area contributed by atoms with Crippen LogP contribution in [-0.2, 0) is 0 Å². The summed E-state index contributed by atoms with van der Waals surface area (Å²) < 4.78 is 14.3. The Morgan fingerprint density at radius 1 is 1.05 bits per heavy atom. The maximum Gasteiger partial charge on any atom is 0.123 e. The Morgan fingerprint density at radius 3 is 2.65 bits per heavy atom. The molecule has 0 spiro atoms. The summed E-state index contributed by atoms with van der Waals surface area (Å²) in [5, 5.41) is 0.939. The average molecular weight is 283 g/mol. The van der Waals surface area contributed by atoms with Crippen molar-refractivity contribution in [1.82, 2.24) is 4.98 Å². The zero-order chi connectivity index (χ0) is 14.1. The minimum absolute atomic E-state index is 0.220. The van der Waals surface area contributed by atoms with Crippen molar-refractivity contribution >= 4 is 33.7 Å². The SMILES string of the molecule is Cc1cc2nc(C=Cc3cccc(F)c3)sc2cc1C. The Bertz CT molecular complexity index is 763. The molecule has 0 radical (unpaired) electrons. The number of nitrogens with zero attached hydrogens (tertiary/aromatic N) is 1. The predicted octanol–water partition coefficient (Wildman–Crippen LogP) is 5.22. The predicted molar refractivity (Wildman–Crippen MR) is 84.4 cm³/mol. The van der Waals surface area contributed by atoms with E-state index >= 15 is 0 Å². The van der Waals surface area contributed by atoms with Gasteiger partial charge in [-0.15, -0.1) is 11.3 Å². The molecule has 1 nitrogen and oxygen atoms in total. The molecule has 100 valence electrons. The maximum absolute atomic E-state index is 13.1. The summed E-state index contributed by atoms with van der Waals surface area (Å²) in [4.78, 5) is 4.59. The standard InChI is InChI=1S/C17H14FNS/c1-11-8-15-16(9-12(11)2)20-17(19-15)7-6-13-4-3-5-14(18)10-13/h3-10H,1-2H3. The molecule has 0 unspecified atom stereocenters. The van der Waals surface area contributed by atoms with Gasteiger partial charge in [-0.25, -0.2) is 9.37 Å². The van der Waals surface area contributed by atoms with Crippen LogP contribution in [0.25, 0.3) is 22.4 Å². The third kappa shape index (κ3) is 2.63. The highest BCUT2D eigenvalue weighted by molar-refractivity contribution is 7.19. The molecule has 0 amide bonds. The van der Waals surface area contributed by atoms with E-state index in [1.54, 1.807) is 17.4 Å². The lowest BCUT2D eigenvalue weighted by molar-refractivity contribution is 0.627. The fourth-order valence-electron chi connectivity index (χ4n) is 2.05. The number of halogens is 1. The summed E-state index contributed by atoms with van der Waals surface area (Å²) >= 11 is 1.65. The van der Waals surface area contributed by atoms with Gasteiger partial charge in [0.1, 0.15) is 10.8 Å². The second kappa shape index (κ2) is 5.17. The van der Waals surface area contributed by atoms with E-state index in [0.29, 0.717) is 0 Å². The van der Waals surface area contributed by atoms with E-state index in [2.05, 4.69) is 31.0 Å². The second-order valence-corrected chi connectivity index (χ2v) is 5.91. The fourth-order valence-corrected chi connectivity index (χ4v) is 3.00. The van der Waals surface area contributed by atoms with Crippen molar-refractivity contribution in [3.8, 4) is 0 Å². The lowest BCUT2D eigenvalue weighted by Gasteiger charge is -1.96. The molecule has 1 heterocycles. The number of aromatic nitrogens is 1. The quantitative estimate of drug-likeness (QED) is 0.628. The molecule has 2 aromatic carbocycles. The third-order valence-electron chi connectivity index (χ3n) is 3.29.